The van der Waals surface area contributed by atoms with E-state index in [0.717, 1.165) is 25.9 Å². The van der Waals surface area contributed by atoms with E-state index in [2.05, 4.69) is 11.4 Å². The van der Waals surface area contributed by atoms with Crippen LogP contribution in [0.25, 0.3) is 0 Å². The predicted molar refractivity (Wildman–Crippen MR) is 82.0 cm³/mol. The second-order valence-corrected chi connectivity index (χ2v) is 6.11. The number of urea groups is 1. The molecule has 0 unspecified atom stereocenters. The molecule has 2 saturated heterocycles. The van der Waals surface area contributed by atoms with Gasteiger partial charge in [0.15, 0.2) is 0 Å². The number of hydrogen-bond acceptors (Lipinski definition) is 4. The summed E-state index contributed by atoms with van der Waals surface area (Å²) in [7, 11) is 0. The van der Waals surface area contributed by atoms with E-state index in [9.17, 15) is 9.59 Å². The lowest BCUT2D eigenvalue weighted by atomic mass is 10.2. The van der Waals surface area contributed by atoms with Crippen molar-refractivity contribution in [3.8, 4) is 6.07 Å². The lowest BCUT2D eigenvalue weighted by molar-refractivity contribution is -0.130. The van der Waals surface area contributed by atoms with Crippen molar-refractivity contribution >= 4 is 11.9 Å². The molecule has 0 radical (unpaired) electrons. The third-order valence-electron chi connectivity index (χ3n) is 4.31. The van der Waals surface area contributed by atoms with E-state index < -0.39 is 0 Å². The van der Waals surface area contributed by atoms with Crippen LogP contribution in [0, 0.1) is 11.3 Å². The number of hydrogen-bond donors (Lipinski definition) is 1. The van der Waals surface area contributed by atoms with E-state index in [-0.39, 0.29) is 30.6 Å². The van der Waals surface area contributed by atoms with Gasteiger partial charge >= 0.3 is 6.03 Å². The van der Waals surface area contributed by atoms with Crippen molar-refractivity contribution in [1.29, 1.82) is 5.26 Å². The summed E-state index contributed by atoms with van der Waals surface area (Å²) in [6.45, 7) is 7.65. The first-order chi connectivity index (χ1) is 10.5. The summed E-state index contributed by atoms with van der Waals surface area (Å²) in [6, 6.07) is 2.20. The van der Waals surface area contributed by atoms with Crippen LogP contribution in [0.4, 0.5) is 4.79 Å². The molecular weight excluding hydrogens is 282 g/mol. The zero-order valence-electron chi connectivity index (χ0n) is 13.4. The molecule has 7 heteroatoms. The van der Waals surface area contributed by atoms with E-state index in [0.29, 0.717) is 19.6 Å². The van der Waals surface area contributed by atoms with Gasteiger partial charge < -0.3 is 20.0 Å². The minimum Gasteiger partial charge on any atom is -0.326 e. The topological polar surface area (TPSA) is 79.7 Å². The third-order valence-corrected chi connectivity index (χ3v) is 4.31. The van der Waals surface area contributed by atoms with Gasteiger partial charge in [-0.2, -0.15) is 5.26 Å². The maximum Gasteiger partial charge on any atom is 0.320 e. The van der Waals surface area contributed by atoms with Crippen molar-refractivity contribution in [2.24, 2.45) is 0 Å². The predicted octanol–water partition coefficient (Wildman–Crippen LogP) is 0.237. The Morgan fingerprint density at radius 3 is 2.82 bits per heavy atom. The van der Waals surface area contributed by atoms with Crippen molar-refractivity contribution in [3.63, 3.8) is 0 Å². The van der Waals surface area contributed by atoms with E-state index >= 15 is 0 Å². The SMILES string of the molecule is CC(C)N1CCN(CCNCC(=O)N2CCC[C@H]2C#N)C1=O. The molecule has 3 amide bonds. The average Bonchev–Trinajstić information content (AvgIpc) is 3.10. The minimum absolute atomic E-state index is 0.0272. The fourth-order valence-electron chi connectivity index (χ4n) is 3.00. The Kier molecular flexibility index (Phi) is 5.61. The summed E-state index contributed by atoms with van der Waals surface area (Å²) in [5.74, 6) is -0.0272. The number of nitriles is 1. The third kappa shape index (κ3) is 3.69. The van der Waals surface area contributed by atoms with Crippen LogP contribution in [0.3, 0.4) is 0 Å². The van der Waals surface area contributed by atoms with Crippen molar-refractivity contribution in [2.75, 3.05) is 39.3 Å². The van der Waals surface area contributed by atoms with Crippen molar-refractivity contribution < 1.29 is 9.59 Å². The summed E-state index contributed by atoms with van der Waals surface area (Å²) < 4.78 is 0. The maximum atomic E-state index is 12.1. The average molecular weight is 307 g/mol. The number of likely N-dealkylation sites (tertiary alicyclic amines) is 1. The fraction of sp³-hybridized carbons (Fsp3) is 0.800. The molecule has 2 aliphatic heterocycles. The summed E-state index contributed by atoms with van der Waals surface area (Å²) in [6.07, 6.45) is 1.67. The van der Waals surface area contributed by atoms with Crippen LogP contribution in [0.2, 0.25) is 0 Å². The van der Waals surface area contributed by atoms with E-state index in [4.69, 9.17) is 5.26 Å². The van der Waals surface area contributed by atoms with Gasteiger partial charge in [-0.15, -0.1) is 0 Å². The van der Waals surface area contributed by atoms with Crippen LogP contribution in [0.15, 0.2) is 0 Å². The summed E-state index contributed by atoms with van der Waals surface area (Å²) in [4.78, 5) is 29.4. The number of rotatable bonds is 6. The van der Waals surface area contributed by atoms with Crippen molar-refractivity contribution in [1.82, 2.24) is 20.0 Å². The highest BCUT2D eigenvalue weighted by Gasteiger charge is 2.30. The Balaban J connectivity index is 1.67. The Bertz CT molecular complexity index is 459. The van der Waals surface area contributed by atoms with Crippen molar-refractivity contribution in [2.45, 2.75) is 38.8 Å². The standard InChI is InChI=1S/C15H25N5O2/c1-12(2)19-9-8-18(15(19)22)7-5-17-11-14(21)20-6-3-4-13(20)10-16/h12-13,17H,3-9,11H2,1-2H3/t13-/m0/s1. The molecule has 0 aromatic rings. The van der Waals surface area contributed by atoms with Gasteiger partial charge in [0.2, 0.25) is 5.91 Å². The molecule has 2 aliphatic rings. The normalized spacial score (nSPS) is 21.8. The molecule has 2 rings (SSSR count). The highest BCUT2D eigenvalue weighted by atomic mass is 16.2. The van der Waals surface area contributed by atoms with E-state index in [1.165, 1.54) is 0 Å². The first-order valence-electron chi connectivity index (χ1n) is 8.00. The first-order valence-corrected chi connectivity index (χ1v) is 8.00. The van der Waals surface area contributed by atoms with Gasteiger partial charge in [-0.05, 0) is 26.7 Å². The molecule has 0 aromatic carbocycles. The molecule has 122 valence electrons. The minimum atomic E-state index is -0.269. The zero-order chi connectivity index (χ0) is 16.1. The van der Waals surface area contributed by atoms with Gasteiger partial charge in [0.25, 0.3) is 0 Å². The molecule has 1 N–H and O–H groups in total. The quantitative estimate of drug-likeness (QED) is 0.713. The van der Waals surface area contributed by atoms with Crippen LogP contribution in [-0.4, -0.2) is 78.0 Å². The van der Waals surface area contributed by atoms with Gasteiger partial charge in [0.1, 0.15) is 6.04 Å². The summed E-state index contributed by atoms with van der Waals surface area (Å²) in [5.41, 5.74) is 0. The van der Waals surface area contributed by atoms with Crippen LogP contribution >= 0.6 is 0 Å². The second kappa shape index (κ2) is 7.45. The lowest BCUT2D eigenvalue weighted by Crippen LogP contribution is -2.43. The Morgan fingerprint density at radius 2 is 2.18 bits per heavy atom. The highest BCUT2D eigenvalue weighted by molar-refractivity contribution is 5.79. The van der Waals surface area contributed by atoms with Gasteiger partial charge in [0.05, 0.1) is 12.6 Å². The molecule has 0 saturated carbocycles. The molecular formula is C15H25N5O2. The molecule has 22 heavy (non-hydrogen) atoms. The molecule has 2 heterocycles. The maximum absolute atomic E-state index is 12.1. The number of carbonyl (C=O) groups excluding carboxylic acids is 2. The van der Waals surface area contributed by atoms with E-state index in [1.54, 1.807) is 4.90 Å². The smallest absolute Gasteiger partial charge is 0.320 e. The summed E-state index contributed by atoms with van der Waals surface area (Å²) in [5, 5.41) is 12.1. The van der Waals surface area contributed by atoms with Crippen LogP contribution in [0.1, 0.15) is 26.7 Å². The van der Waals surface area contributed by atoms with Gasteiger partial charge in [-0.3, -0.25) is 4.79 Å². The monoisotopic (exact) mass is 307 g/mol. The lowest BCUT2D eigenvalue weighted by Gasteiger charge is -2.22. The Hall–Kier alpha value is -1.81. The Morgan fingerprint density at radius 1 is 1.41 bits per heavy atom. The second-order valence-electron chi connectivity index (χ2n) is 6.11. The molecule has 0 bridgehead atoms. The number of nitrogens with one attached hydrogen (secondary N) is 1. The fourth-order valence-corrected chi connectivity index (χ4v) is 3.00. The summed E-state index contributed by atoms with van der Waals surface area (Å²) >= 11 is 0. The number of nitrogens with zero attached hydrogens (tertiary/aromatic N) is 4. The molecule has 1 atom stereocenters. The van der Waals surface area contributed by atoms with Crippen molar-refractivity contribution in [3.05, 3.63) is 0 Å². The largest absolute Gasteiger partial charge is 0.326 e. The van der Waals surface area contributed by atoms with Gasteiger partial charge in [0, 0.05) is 38.8 Å². The van der Waals surface area contributed by atoms with Crippen LogP contribution in [0.5, 0.6) is 0 Å². The molecule has 0 aromatic heterocycles. The van der Waals surface area contributed by atoms with Gasteiger partial charge in [-0.1, -0.05) is 0 Å². The molecule has 7 nitrogen and oxygen atoms in total. The van der Waals surface area contributed by atoms with Crippen LogP contribution in [-0.2, 0) is 4.79 Å². The number of amides is 3. The molecule has 0 aliphatic carbocycles. The first kappa shape index (κ1) is 16.6. The molecule has 2 fully saturated rings. The zero-order valence-corrected chi connectivity index (χ0v) is 13.4. The van der Waals surface area contributed by atoms with Gasteiger partial charge in [-0.25, -0.2) is 4.79 Å². The Labute approximate surface area is 131 Å². The highest BCUT2D eigenvalue weighted by Crippen LogP contribution is 2.16. The van der Waals surface area contributed by atoms with Crippen LogP contribution < -0.4 is 5.32 Å². The molecule has 0 spiro atoms. The van der Waals surface area contributed by atoms with E-state index in [1.807, 2.05) is 23.6 Å². The number of carbonyl (C=O) groups is 2.